The van der Waals surface area contributed by atoms with Crippen molar-refractivity contribution < 1.29 is 12.8 Å². The van der Waals surface area contributed by atoms with Gasteiger partial charge in [-0.25, -0.2) is 22.5 Å². The quantitative estimate of drug-likeness (QED) is 0.866. The van der Waals surface area contributed by atoms with Crippen LogP contribution in [0.25, 0.3) is 0 Å². The van der Waals surface area contributed by atoms with Crippen molar-refractivity contribution in [2.45, 2.75) is 11.3 Å². The maximum atomic E-state index is 12.9. The van der Waals surface area contributed by atoms with Gasteiger partial charge in [-0.15, -0.1) is 0 Å². The minimum absolute atomic E-state index is 0.0125. The monoisotopic (exact) mass is 347 g/mol. The minimum Gasteiger partial charge on any atom is -0.348 e. The van der Waals surface area contributed by atoms with E-state index in [9.17, 15) is 12.8 Å². The van der Waals surface area contributed by atoms with Crippen molar-refractivity contribution in [2.24, 2.45) is 0 Å². The molecule has 0 atom stereocenters. The zero-order valence-corrected chi connectivity index (χ0v) is 12.1. The summed E-state index contributed by atoms with van der Waals surface area (Å²) in [6.07, 6.45) is 3.65. The van der Waals surface area contributed by atoms with Gasteiger partial charge >= 0.3 is 0 Å². The topological polar surface area (TPSA) is 74.8 Å². The number of nitrogens with zero attached hydrogens (tertiary/aromatic N) is 1. The van der Waals surface area contributed by atoms with E-state index < -0.39 is 15.8 Å². The Bertz CT molecular complexity index is 659. The molecule has 0 amide bonds. The molecule has 0 bridgehead atoms. The van der Waals surface area contributed by atoms with Crippen molar-refractivity contribution in [3.63, 3.8) is 0 Å². The summed E-state index contributed by atoms with van der Waals surface area (Å²) in [6.45, 7) is 0.230. The average Bonchev–Trinajstić information content (AvgIpc) is 2.81. The van der Waals surface area contributed by atoms with Gasteiger partial charge in [-0.2, -0.15) is 0 Å². The molecule has 2 N–H and O–H groups in total. The molecule has 2 aromatic rings. The van der Waals surface area contributed by atoms with E-state index in [-0.39, 0.29) is 15.9 Å². The second-order valence-electron chi connectivity index (χ2n) is 3.80. The number of hydrogen-bond donors (Lipinski definition) is 2. The normalized spacial score (nSPS) is 11.7. The van der Waals surface area contributed by atoms with Gasteiger partial charge in [-0.3, -0.25) is 0 Å². The van der Waals surface area contributed by atoms with E-state index >= 15 is 0 Å². The number of hydrogen-bond acceptors (Lipinski definition) is 3. The zero-order chi connectivity index (χ0) is 13.9. The second kappa shape index (κ2) is 5.81. The van der Waals surface area contributed by atoms with Crippen molar-refractivity contribution in [1.82, 2.24) is 14.7 Å². The molecule has 0 fully saturated rings. The molecule has 1 aromatic carbocycles. The SMILES string of the molecule is O=S(=O)(NCCc1cnc[nH]1)c1ccc(F)cc1Br. The Labute approximate surface area is 118 Å². The lowest BCUT2D eigenvalue weighted by molar-refractivity contribution is 0.579. The third-order valence-electron chi connectivity index (χ3n) is 2.42. The van der Waals surface area contributed by atoms with Gasteiger partial charge < -0.3 is 4.98 Å². The molecule has 0 saturated heterocycles. The van der Waals surface area contributed by atoms with E-state index in [1.54, 1.807) is 6.20 Å². The third-order valence-corrected chi connectivity index (χ3v) is 4.86. The summed E-state index contributed by atoms with van der Waals surface area (Å²) in [7, 11) is -3.66. The molecular formula is C11H11BrFN3O2S. The fourth-order valence-corrected chi connectivity index (χ4v) is 3.59. The number of imidazole rings is 1. The molecule has 0 aliphatic rings. The highest BCUT2D eigenvalue weighted by Gasteiger charge is 2.17. The van der Waals surface area contributed by atoms with Crippen LogP contribution in [0.5, 0.6) is 0 Å². The van der Waals surface area contributed by atoms with E-state index in [1.807, 2.05) is 0 Å². The van der Waals surface area contributed by atoms with Crippen molar-refractivity contribution in [3.8, 4) is 0 Å². The minimum atomic E-state index is -3.66. The number of benzene rings is 1. The van der Waals surface area contributed by atoms with Crippen molar-refractivity contribution in [1.29, 1.82) is 0 Å². The molecule has 0 spiro atoms. The molecule has 0 radical (unpaired) electrons. The highest BCUT2D eigenvalue weighted by molar-refractivity contribution is 9.10. The van der Waals surface area contributed by atoms with E-state index in [2.05, 4.69) is 30.6 Å². The van der Waals surface area contributed by atoms with E-state index in [4.69, 9.17) is 0 Å². The fourth-order valence-electron chi connectivity index (χ4n) is 1.51. The maximum Gasteiger partial charge on any atom is 0.241 e. The molecule has 19 heavy (non-hydrogen) atoms. The lowest BCUT2D eigenvalue weighted by Crippen LogP contribution is -2.26. The Morgan fingerprint density at radius 2 is 2.21 bits per heavy atom. The van der Waals surface area contributed by atoms with Crippen molar-refractivity contribution in [3.05, 3.63) is 46.7 Å². The van der Waals surface area contributed by atoms with Gasteiger partial charge in [0.1, 0.15) is 5.82 Å². The second-order valence-corrected chi connectivity index (χ2v) is 6.39. The first-order valence-corrected chi connectivity index (χ1v) is 7.68. The summed E-state index contributed by atoms with van der Waals surface area (Å²) in [5, 5.41) is 0. The summed E-state index contributed by atoms with van der Waals surface area (Å²) >= 11 is 3.04. The Hall–Kier alpha value is -1.25. The van der Waals surface area contributed by atoms with Gasteiger partial charge in [-0.1, -0.05) is 0 Å². The number of aromatic amines is 1. The van der Waals surface area contributed by atoms with Crippen LogP contribution >= 0.6 is 15.9 Å². The molecule has 2 rings (SSSR count). The molecule has 102 valence electrons. The maximum absolute atomic E-state index is 12.9. The summed E-state index contributed by atoms with van der Waals surface area (Å²) in [6, 6.07) is 3.44. The number of rotatable bonds is 5. The standard InChI is InChI=1S/C11H11BrFN3O2S/c12-10-5-8(13)1-2-11(10)19(17,18)16-4-3-9-6-14-7-15-9/h1-2,5-7,16H,3-4H2,(H,14,15). The summed E-state index contributed by atoms with van der Waals surface area (Å²) in [4.78, 5) is 6.73. The summed E-state index contributed by atoms with van der Waals surface area (Å²) < 4.78 is 39.6. The summed E-state index contributed by atoms with van der Waals surface area (Å²) in [5.74, 6) is -0.497. The lowest BCUT2D eigenvalue weighted by atomic mass is 10.3. The summed E-state index contributed by atoms with van der Waals surface area (Å²) in [5.41, 5.74) is 0.834. The Morgan fingerprint density at radius 1 is 1.42 bits per heavy atom. The average molecular weight is 348 g/mol. The van der Waals surface area contributed by atoms with Crippen molar-refractivity contribution in [2.75, 3.05) is 6.54 Å². The van der Waals surface area contributed by atoms with Gasteiger partial charge in [0, 0.05) is 29.3 Å². The molecule has 1 aromatic heterocycles. The molecule has 8 heteroatoms. The highest BCUT2D eigenvalue weighted by atomic mass is 79.9. The molecule has 5 nitrogen and oxygen atoms in total. The van der Waals surface area contributed by atoms with Gasteiger partial charge in [0.2, 0.25) is 10.0 Å². The number of nitrogens with one attached hydrogen (secondary N) is 2. The Balaban J connectivity index is 2.05. The first kappa shape index (κ1) is 14.2. The van der Waals surface area contributed by atoms with Crippen LogP contribution in [0, 0.1) is 5.82 Å². The van der Waals surface area contributed by atoms with Crippen LogP contribution in [-0.4, -0.2) is 24.9 Å². The van der Waals surface area contributed by atoms with Crippen molar-refractivity contribution >= 4 is 26.0 Å². The molecule has 0 aliphatic heterocycles. The predicted octanol–water partition coefficient (Wildman–Crippen LogP) is 1.83. The molecule has 0 unspecified atom stereocenters. The predicted molar refractivity (Wildman–Crippen MR) is 71.6 cm³/mol. The highest BCUT2D eigenvalue weighted by Crippen LogP contribution is 2.22. The van der Waals surface area contributed by atoms with Crippen LogP contribution in [0.2, 0.25) is 0 Å². The first-order chi connectivity index (χ1) is 8.99. The van der Waals surface area contributed by atoms with Crippen LogP contribution in [0.15, 0.2) is 40.1 Å². The third kappa shape index (κ3) is 3.62. The van der Waals surface area contributed by atoms with Gasteiger partial charge in [0.25, 0.3) is 0 Å². The molecule has 0 aliphatic carbocycles. The van der Waals surface area contributed by atoms with Crippen LogP contribution in [-0.2, 0) is 16.4 Å². The van der Waals surface area contributed by atoms with Crippen LogP contribution in [0.4, 0.5) is 4.39 Å². The molecule has 1 heterocycles. The van der Waals surface area contributed by atoms with E-state index in [0.29, 0.717) is 6.42 Å². The molecule has 0 saturated carbocycles. The fraction of sp³-hybridized carbons (Fsp3) is 0.182. The number of sulfonamides is 1. The van der Waals surface area contributed by atoms with Gasteiger partial charge in [0.15, 0.2) is 0 Å². The molecular weight excluding hydrogens is 337 g/mol. The largest absolute Gasteiger partial charge is 0.348 e. The van der Waals surface area contributed by atoms with Crippen LogP contribution in [0.1, 0.15) is 5.69 Å². The van der Waals surface area contributed by atoms with Crippen LogP contribution in [0.3, 0.4) is 0 Å². The number of halogens is 2. The number of aromatic nitrogens is 2. The van der Waals surface area contributed by atoms with Gasteiger partial charge in [0.05, 0.1) is 11.2 Å². The van der Waals surface area contributed by atoms with E-state index in [0.717, 1.165) is 17.8 Å². The first-order valence-electron chi connectivity index (χ1n) is 5.41. The zero-order valence-electron chi connectivity index (χ0n) is 9.73. The van der Waals surface area contributed by atoms with Crippen LogP contribution < -0.4 is 4.72 Å². The smallest absolute Gasteiger partial charge is 0.241 e. The van der Waals surface area contributed by atoms with Gasteiger partial charge in [-0.05, 0) is 34.1 Å². The Morgan fingerprint density at radius 3 is 2.84 bits per heavy atom. The van der Waals surface area contributed by atoms with E-state index in [1.165, 1.54) is 12.4 Å². The Kier molecular flexibility index (Phi) is 4.33. The number of H-pyrrole nitrogens is 1. The lowest BCUT2D eigenvalue weighted by Gasteiger charge is -2.08.